The number of hydrogen-bond donors (Lipinski definition) is 2. The lowest BCUT2D eigenvalue weighted by molar-refractivity contribution is -0.141. The van der Waals surface area contributed by atoms with Gasteiger partial charge in [-0.05, 0) is 18.8 Å². The Balaban J connectivity index is 4.06. The number of nitrogens with one attached hydrogen (secondary N) is 1. The van der Waals surface area contributed by atoms with E-state index in [2.05, 4.69) is 5.32 Å². The third kappa shape index (κ3) is 8.35. The molecule has 20 heavy (non-hydrogen) atoms. The molecule has 6 heteroatoms. The molecule has 0 saturated carbocycles. The Morgan fingerprint density at radius 2 is 2.00 bits per heavy atom. The van der Waals surface area contributed by atoms with Crippen LogP contribution in [0.3, 0.4) is 0 Å². The minimum Gasteiger partial charge on any atom is -0.481 e. The summed E-state index contributed by atoms with van der Waals surface area (Å²) in [5, 5.41) is 20.1. The summed E-state index contributed by atoms with van der Waals surface area (Å²) >= 11 is 0. The maximum Gasteiger partial charge on any atom is 0.317 e. The van der Waals surface area contributed by atoms with E-state index in [9.17, 15) is 9.59 Å². The summed E-state index contributed by atoms with van der Waals surface area (Å²) in [7, 11) is 0. The Kier molecular flexibility index (Phi) is 9.18. The zero-order valence-corrected chi connectivity index (χ0v) is 12.6. The van der Waals surface area contributed by atoms with Crippen LogP contribution in [0.4, 0.5) is 4.79 Å². The van der Waals surface area contributed by atoms with Crippen molar-refractivity contribution in [3.05, 3.63) is 0 Å². The minimum atomic E-state index is -0.813. The van der Waals surface area contributed by atoms with Gasteiger partial charge in [-0.15, -0.1) is 0 Å². The normalized spacial score (nSPS) is 11.8. The van der Waals surface area contributed by atoms with Crippen LogP contribution in [0.1, 0.15) is 40.0 Å². The third-order valence-electron chi connectivity index (χ3n) is 2.88. The van der Waals surface area contributed by atoms with Crippen LogP contribution >= 0.6 is 0 Å². The molecule has 0 radical (unpaired) electrons. The predicted molar refractivity (Wildman–Crippen MR) is 76.1 cm³/mol. The average molecular weight is 283 g/mol. The highest BCUT2D eigenvalue weighted by molar-refractivity contribution is 5.74. The van der Waals surface area contributed by atoms with Gasteiger partial charge in [0.2, 0.25) is 0 Å². The van der Waals surface area contributed by atoms with Crippen molar-refractivity contribution < 1.29 is 14.7 Å². The molecule has 0 aliphatic heterocycles. The fraction of sp³-hybridized carbons (Fsp3) is 0.786. The van der Waals surface area contributed by atoms with Crippen LogP contribution in [0.5, 0.6) is 0 Å². The van der Waals surface area contributed by atoms with Gasteiger partial charge >= 0.3 is 12.0 Å². The maximum absolute atomic E-state index is 12.0. The van der Waals surface area contributed by atoms with Gasteiger partial charge in [-0.2, -0.15) is 5.26 Å². The molecule has 0 aromatic heterocycles. The number of rotatable bonds is 9. The first-order chi connectivity index (χ1) is 9.38. The Morgan fingerprint density at radius 3 is 2.50 bits per heavy atom. The zero-order valence-electron chi connectivity index (χ0n) is 12.6. The van der Waals surface area contributed by atoms with Gasteiger partial charge in [0, 0.05) is 19.6 Å². The van der Waals surface area contributed by atoms with Crippen molar-refractivity contribution in [2.75, 3.05) is 19.6 Å². The van der Waals surface area contributed by atoms with E-state index in [4.69, 9.17) is 10.4 Å². The molecule has 0 spiro atoms. The average Bonchev–Trinajstić information content (AvgIpc) is 2.38. The number of carboxylic acids is 1. The van der Waals surface area contributed by atoms with Gasteiger partial charge in [-0.25, -0.2) is 4.79 Å². The number of amides is 2. The highest BCUT2D eigenvalue weighted by Gasteiger charge is 2.14. The molecule has 0 aromatic rings. The summed E-state index contributed by atoms with van der Waals surface area (Å²) < 4.78 is 0. The number of carbonyl (C=O) groups is 2. The second kappa shape index (κ2) is 10.1. The van der Waals surface area contributed by atoms with Crippen LogP contribution in [-0.4, -0.2) is 41.6 Å². The molecule has 1 unspecified atom stereocenters. The SMILES string of the molecule is CC(C)CN(CCC#N)C(=O)NCCCC(C)C(=O)O. The van der Waals surface area contributed by atoms with E-state index in [1.54, 1.807) is 11.8 Å². The summed E-state index contributed by atoms with van der Waals surface area (Å²) in [6.07, 6.45) is 1.49. The first kappa shape index (κ1) is 18.2. The highest BCUT2D eigenvalue weighted by atomic mass is 16.4. The number of hydrogen-bond acceptors (Lipinski definition) is 3. The summed E-state index contributed by atoms with van der Waals surface area (Å²) in [5.74, 6) is -0.865. The van der Waals surface area contributed by atoms with Crippen molar-refractivity contribution in [1.82, 2.24) is 10.2 Å². The van der Waals surface area contributed by atoms with Crippen molar-refractivity contribution in [2.24, 2.45) is 11.8 Å². The highest BCUT2D eigenvalue weighted by Crippen LogP contribution is 2.05. The minimum absolute atomic E-state index is 0.183. The van der Waals surface area contributed by atoms with Gasteiger partial charge in [0.25, 0.3) is 0 Å². The molecule has 114 valence electrons. The van der Waals surface area contributed by atoms with Crippen molar-refractivity contribution in [3.63, 3.8) is 0 Å². The number of aliphatic carboxylic acids is 1. The zero-order chi connectivity index (χ0) is 15.5. The Morgan fingerprint density at radius 1 is 1.35 bits per heavy atom. The molecule has 0 heterocycles. The summed E-state index contributed by atoms with van der Waals surface area (Å²) in [6.45, 7) is 7.17. The van der Waals surface area contributed by atoms with Crippen molar-refractivity contribution >= 4 is 12.0 Å². The van der Waals surface area contributed by atoms with Crippen molar-refractivity contribution in [3.8, 4) is 6.07 Å². The van der Waals surface area contributed by atoms with E-state index in [1.807, 2.05) is 19.9 Å². The van der Waals surface area contributed by atoms with E-state index >= 15 is 0 Å². The monoisotopic (exact) mass is 283 g/mol. The third-order valence-corrected chi connectivity index (χ3v) is 2.88. The first-order valence-corrected chi connectivity index (χ1v) is 7.01. The fourth-order valence-corrected chi connectivity index (χ4v) is 1.74. The molecule has 2 N–H and O–H groups in total. The number of carbonyl (C=O) groups excluding carboxylic acids is 1. The molecule has 0 aliphatic rings. The Hall–Kier alpha value is -1.77. The Labute approximate surface area is 120 Å². The van der Waals surface area contributed by atoms with Gasteiger partial charge in [0.15, 0.2) is 0 Å². The van der Waals surface area contributed by atoms with Crippen LogP contribution in [0, 0.1) is 23.2 Å². The van der Waals surface area contributed by atoms with Crippen LogP contribution in [0.2, 0.25) is 0 Å². The van der Waals surface area contributed by atoms with Crippen molar-refractivity contribution in [1.29, 1.82) is 5.26 Å². The summed E-state index contributed by atoms with van der Waals surface area (Å²) in [4.78, 5) is 24.2. The smallest absolute Gasteiger partial charge is 0.317 e. The molecule has 1 atom stereocenters. The van der Waals surface area contributed by atoms with E-state index in [0.717, 1.165) is 0 Å². The van der Waals surface area contributed by atoms with Gasteiger partial charge in [0.1, 0.15) is 0 Å². The molecule has 0 aromatic carbocycles. The lowest BCUT2D eigenvalue weighted by Gasteiger charge is -2.24. The molecular formula is C14H25N3O3. The molecular weight excluding hydrogens is 258 g/mol. The maximum atomic E-state index is 12.0. The lowest BCUT2D eigenvalue weighted by Crippen LogP contribution is -2.42. The largest absolute Gasteiger partial charge is 0.481 e. The van der Waals surface area contributed by atoms with E-state index in [-0.39, 0.29) is 6.03 Å². The standard InChI is InChI=1S/C14H25N3O3/c1-11(2)10-17(9-5-7-15)14(20)16-8-4-6-12(3)13(18)19/h11-12H,4-6,8-10H2,1-3H3,(H,16,20)(H,18,19). The lowest BCUT2D eigenvalue weighted by atomic mass is 10.1. The molecule has 0 fully saturated rings. The molecule has 6 nitrogen and oxygen atoms in total. The van der Waals surface area contributed by atoms with E-state index in [0.29, 0.717) is 44.8 Å². The predicted octanol–water partition coefficient (Wildman–Crippen LogP) is 2.07. The van der Waals surface area contributed by atoms with Crippen LogP contribution in [0.15, 0.2) is 0 Å². The second-order valence-electron chi connectivity index (χ2n) is 5.36. The summed E-state index contributed by atoms with van der Waals surface area (Å²) in [5.41, 5.74) is 0. The van der Waals surface area contributed by atoms with E-state index in [1.165, 1.54) is 0 Å². The van der Waals surface area contributed by atoms with Gasteiger partial charge in [-0.1, -0.05) is 20.8 Å². The topological polar surface area (TPSA) is 93.4 Å². The van der Waals surface area contributed by atoms with Crippen LogP contribution < -0.4 is 5.32 Å². The second-order valence-corrected chi connectivity index (χ2v) is 5.36. The quantitative estimate of drug-likeness (QED) is 0.633. The van der Waals surface area contributed by atoms with Crippen molar-refractivity contribution in [2.45, 2.75) is 40.0 Å². The van der Waals surface area contributed by atoms with Gasteiger partial charge in [-0.3, -0.25) is 4.79 Å². The number of nitrogens with zero attached hydrogens (tertiary/aromatic N) is 2. The Bertz CT molecular complexity index is 350. The van der Waals surface area contributed by atoms with Crippen LogP contribution in [-0.2, 0) is 4.79 Å². The number of urea groups is 1. The van der Waals surface area contributed by atoms with Gasteiger partial charge < -0.3 is 15.3 Å². The van der Waals surface area contributed by atoms with Crippen LogP contribution in [0.25, 0.3) is 0 Å². The summed E-state index contributed by atoms with van der Waals surface area (Å²) in [6, 6.07) is 1.85. The number of carboxylic acid groups (broad SMARTS) is 1. The molecule has 0 saturated heterocycles. The van der Waals surface area contributed by atoms with E-state index < -0.39 is 11.9 Å². The number of nitriles is 1. The molecule has 0 aliphatic carbocycles. The molecule has 2 amide bonds. The van der Waals surface area contributed by atoms with Gasteiger partial charge in [0.05, 0.1) is 18.4 Å². The molecule has 0 bridgehead atoms. The fourth-order valence-electron chi connectivity index (χ4n) is 1.74. The molecule has 0 rings (SSSR count). The first-order valence-electron chi connectivity index (χ1n) is 7.01.